The minimum atomic E-state index is 1.64. The van der Waals surface area contributed by atoms with E-state index in [1.54, 1.807) is 34.3 Å². The molecule has 6 heteroatoms. The average molecular weight is 166 g/mol. The van der Waals surface area contributed by atoms with Gasteiger partial charge in [-0.25, -0.2) is 0 Å². The smallest absolute Gasteiger partial charge is 0.119 e. The summed E-state index contributed by atoms with van der Waals surface area (Å²) in [6.45, 7) is 0. The van der Waals surface area contributed by atoms with E-state index >= 15 is 0 Å². The van der Waals surface area contributed by atoms with Crippen LogP contribution in [0.25, 0.3) is 0 Å². The first-order valence-corrected chi connectivity index (χ1v) is 3.38. The predicted molar refractivity (Wildman–Crippen MR) is 42.0 cm³/mol. The number of aromatic nitrogens is 6. The molecule has 0 atom stereocenters. The third kappa shape index (κ3) is 2.91. The lowest BCUT2D eigenvalue weighted by molar-refractivity contribution is 0.715. The van der Waals surface area contributed by atoms with E-state index in [0.29, 0.717) is 0 Å². The van der Waals surface area contributed by atoms with E-state index in [1.165, 1.54) is 0 Å². The van der Waals surface area contributed by atoms with Crippen molar-refractivity contribution >= 4 is 0 Å². The summed E-state index contributed by atoms with van der Waals surface area (Å²) in [4.78, 5) is 0. The minimum absolute atomic E-state index is 1.64. The van der Waals surface area contributed by atoms with Crippen molar-refractivity contribution in [2.75, 3.05) is 0 Å². The van der Waals surface area contributed by atoms with Gasteiger partial charge in [0.2, 0.25) is 0 Å². The van der Waals surface area contributed by atoms with Gasteiger partial charge < -0.3 is 4.57 Å². The Labute approximate surface area is 69.8 Å². The standard InChI is InChI=1S/2C3H5N3/c1-6-2-4-5-3-6;1-6-3-2-4-5-6/h2*2-3H,1H3. The maximum Gasteiger partial charge on any atom is 0.119 e. The van der Waals surface area contributed by atoms with Crippen LogP contribution in [0.4, 0.5) is 0 Å². The third-order valence-corrected chi connectivity index (χ3v) is 1.08. The maximum atomic E-state index is 3.58. The number of hydrogen-bond acceptors (Lipinski definition) is 4. The number of aryl methyl sites for hydroxylation is 2. The first kappa shape index (κ1) is 8.38. The zero-order valence-corrected chi connectivity index (χ0v) is 6.99. The quantitative estimate of drug-likeness (QED) is 0.535. The van der Waals surface area contributed by atoms with Gasteiger partial charge in [-0.1, -0.05) is 5.21 Å². The summed E-state index contributed by atoms with van der Waals surface area (Å²) in [5.41, 5.74) is 0. The van der Waals surface area contributed by atoms with Gasteiger partial charge in [0.1, 0.15) is 12.7 Å². The first-order valence-electron chi connectivity index (χ1n) is 3.38. The molecule has 0 saturated carbocycles. The summed E-state index contributed by atoms with van der Waals surface area (Å²) in [5, 5.41) is 14.2. The van der Waals surface area contributed by atoms with E-state index in [2.05, 4.69) is 20.5 Å². The summed E-state index contributed by atoms with van der Waals surface area (Å²) in [5.74, 6) is 0. The molecule has 0 aliphatic rings. The summed E-state index contributed by atoms with van der Waals surface area (Å²) in [6, 6.07) is 0. The van der Waals surface area contributed by atoms with E-state index in [1.807, 2.05) is 14.1 Å². The van der Waals surface area contributed by atoms with Gasteiger partial charge in [0, 0.05) is 20.3 Å². The molecule has 2 aromatic heterocycles. The Morgan fingerprint density at radius 2 is 1.67 bits per heavy atom. The van der Waals surface area contributed by atoms with Crippen LogP contribution < -0.4 is 0 Å². The molecule has 0 spiro atoms. The average Bonchev–Trinajstić information content (AvgIpc) is 2.63. The highest BCUT2D eigenvalue weighted by molar-refractivity contribution is 4.59. The van der Waals surface area contributed by atoms with Crippen molar-refractivity contribution in [3.8, 4) is 0 Å². The second-order valence-corrected chi connectivity index (χ2v) is 2.20. The van der Waals surface area contributed by atoms with Crippen LogP contribution in [-0.2, 0) is 14.1 Å². The molecule has 6 nitrogen and oxygen atoms in total. The highest BCUT2D eigenvalue weighted by Gasteiger charge is 1.71. The summed E-state index contributed by atoms with van der Waals surface area (Å²) >= 11 is 0. The fourth-order valence-corrected chi connectivity index (χ4v) is 0.520. The molecular weight excluding hydrogens is 156 g/mol. The topological polar surface area (TPSA) is 61.4 Å². The predicted octanol–water partition coefficient (Wildman–Crippen LogP) is -0.370. The van der Waals surface area contributed by atoms with Crippen molar-refractivity contribution in [1.82, 2.24) is 29.8 Å². The van der Waals surface area contributed by atoms with Crippen molar-refractivity contribution in [3.05, 3.63) is 25.0 Å². The van der Waals surface area contributed by atoms with Crippen LogP contribution in [0, 0.1) is 0 Å². The second kappa shape index (κ2) is 4.22. The Balaban J connectivity index is 0.000000120. The summed E-state index contributed by atoms with van der Waals surface area (Å²) < 4.78 is 3.42. The molecule has 0 fully saturated rings. The van der Waals surface area contributed by atoms with E-state index in [9.17, 15) is 0 Å². The van der Waals surface area contributed by atoms with Crippen LogP contribution in [0.3, 0.4) is 0 Å². The molecule has 12 heavy (non-hydrogen) atoms. The molecule has 2 aromatic rings. The van der Waals surface area contributed by atoms with Crippen LogP contribution in [0.15, 0.2) is 25.0 Å². The van der Waals surface area contributed by atoms with Crippen LogP contribution in [0.5, 0.6) is 0 Å². The van der Waals surface area contributed by atoms with Crippen LogP contribution in [0.1, 0.15) is 0 Å². The van der Waals surface area contributed by atoms with Crippen LogP contribution >= 0.6 is 0 Å². The largest absolute Gasteiger partial charge is 0.323 e. The van der Waals surface area contributed by atoms with Gasteiger partial charge in [-0.15, -0.1) is 15.3 Å². The highest BCUT2D eigenvalue weighted by Crippen LogP contribution is 1.67. The van der Waals surface area contributed by atoms with Crippen molar-refractivity contribution in [2.45, 2.75) is 0 Å². The van der Waals surface area contributed by atoms with E-state index in [4.69, 9.17) is 0 Å². The Morgan fingerprint density at radius 1 is 1.00 bits per heavy atom. The number of rotatable bonds is 0. The Hall–Kier alpha value is -1.72. The molecule has 64 valence electrons. The van der Waals surface area contributed by atoms with Crippen LogP contribution in [-0.4, -0.2) is 29.8 Å². The van der Waals surface area contributed by atoms with E-state index < -0.39 is 0 Å². The maximum absolute atomic E-state index is 3.58. The van der Waals surface area contributed by atoms with Crippen molar-refractivity contribution in [3.63, 3.8) is 0 Å². The fourth-order valence-electron chi connectivity index (χ4n) is 0.520. The lowest BCUT2D eigenvalue weighted by atomic mass is 10.9. The number of hydrogen-bond donors (Lipinski definition) is 0. The van der Waals surface area contributed by atoms with Gasteiger partial charge in [0.05, 0.1) is 6.20 Å². The Kier molecular flexibility index (Phi) is 2.95. The molecule has 0 aliphatic heterocycles. The normalized spacial score (nSPS) is 8.83. The van der Waals surface area contributed by atoms with Crippen molar-refractivity contribution < 1.29 is 0 Å². The zero-order valence-electron chi connectivity index (χ0n) is 6.99. The molecule has 0 aliphatic carbocycles. The van der Waals surface area contributed by atoms with Crippen molar-refractivity contribution in [2.24, 2.45) is 14.1 Å². The van der Waals surface area contributed by atoms with Crippen LogP contribution in [0.2, 0.25) is 0 Å². The Bertz CT molecular complexity index is 251. The molecule has 0 amide bonds. The van der Waals surface area contributed by atoms with Gasteiger partial charge in [0.15, 0.2) is 0 Å². The second-order valence-electron chi connectivity index (χ2n) is 2.20. The van der Waals surface area contributed by atoms with E-state index in [-0.39, 0.29) is 0 Å². The Morgan fingerprint density at radius 3 is 1.83 bits per heavy atom. The van der Waals surface area contributed by atoms with Crippen molar-refractivity contribution in [1.29, 1.82) is 0 Å². The molecule has 0 aromatic carbocycles. The monoisotopic (exact) mass is 166 g/mol. The zero-order chi connectivity index (χ0) is 8.81. The molecule has 0 unspecified atom stereocenters. The SMILES string of the molecule is Cn1ccnn1.Cn1cnnc1. The van der Waals surface area contributed by atoms with Gasteiger partial charge in [-0.3, -0.25) is 4.68 Å². The van der Waals surface area contributed by atoms with Gasteiger partial charge >= 0.3 is 0 Å². The molecule has 0 saturated heterocycles. The first-order chi connectivity index (χ1) is 5.79. The third-order valence-electron chi connectivity index (χ3n) is 1.08. The van der Waals surface area contributed by atoms with Gasteiger partial charge in [-0.2, -0.15) is 0 Å². The molecule has 0 radical (unpaired) electrons. The summed E-state index contributed by atoms with van der Waals surface area (Å²) in [7, 11) is 3.70. The lowest BCUT2D eigenvalue weighted by Crippen LogP contribution is -1.85. The molecule has 2 heterocycles. The molecule has 0 N–H and O–H groups in total. The van der Waals surface area contributed by atoms with E-state index in [0.717, 1.165) is 0 Å². The van der Waals surface area contributed by atoms with Gasteiger partial charge in [-0.05, 0) is 0 Å². The molecule has 2 rings (SSSR count). The fraction of sp³-hybridized carbons (Fsp3) is 0.333. The number of nitrogens with zero attached hydrogens (tertiary/aromatic N) is 6. The highest BCUT2D eigenvalue weighted by atomic mass is 15.4. The van der Waals surface area contributed by atoms with Gasteiger partial charge in [0.25, 0.3) is 0 Å². The summed E-state index contributed by atoms with van der Waals surface area (Å²) in [6.07, 6.45) is 6.69. The molecular formula is C6H10N6. The molecule has 0 bridgehead atoms. The minimum Gasteiger partial charge on any atom is -0.323 e. The lowest BCUT2D eigenvalue weighted by Gasteiger charge is -1.74.